The maximum Gasteiger partial charge on any atom is 0.0456 e. The molecule has 2 nitrogen and oxygen atoms in total. The van der Waals surface area contributed by atoms with Crippen molar-refractivity contribution in [3.8, 4) is 0 Å². The zero-order valence-electron chi connectivity index (χ0n) is 11.4. The van der Waals surface area contributed by atoms with Crippen molar-refractivity contribution in [1.29, 1.82) is 0 Å². The SMILES string of the molecule is Cc1ccc(N(C)c2cc(Cl)ccc2CCN)cc1. The third kappa shape index (κ3) is 3.28. The van der Waals surface area contributed by atoms with Crippen LogP contribution in [0.3, 0.4) is 0 Å². The number of nitrogens with two attached hydrogens (primary N) is 1. The number of anilines is 2. The molecule has 0 saturated carbocycles. The molecule has 2 aromatic rings. The lowest BCUT2D eigenvalue weighted by molar-refractivity contribution is 0.961. The fraction of sp³-hybridized carbons (Fsp3) is 0.250. The summed E-state index contributed by atoms with van der Waals surface area (Å²) in [5.41, 5.74) is 10.4. The third-order valence-electron chi connectivity index (χ3n) is 3.24. The molecule has 0 aliphatic rings. The second-order valence-corrected chi connectivity index (χ2v) is 5.14. The number of benzene rings is 2. The normalized spacial score (nSPS) is 10.5. The average molecular weight is 275 g/mol. The van der Waals surface area contributed by atoms with Crippen LogP contribution in [0.2, 0.25) is 5.02 Å². The second-order valence-electron chi connectivity index (χ2n) is 4.71. The molecule has 100 valence electrons. The number of nitrogens with zero attached hydrogens (tertiary/aromatic N) is 1. The van der Waals surface area contributed by atoms with E-state index >= 15 is 0 Å². The summed E-state index contributed by atoms with van der Waals surface area (Å²) in [5.74, 6) is 0. The van der Waals surface area contributed by atoms with Gasteiger partial charge in [0, 0.05) is 23.4 Å². The number of aryl methyl sites for hydroxylation is 1. The van der Waals surface area contributed by atoms with E-state index in [9.17, 15) is 0 Å². The Balaban J connectivity index is 2.39. The minimum atomic E-state index is 0.635. The van der Waals surface area contributed by atoms with E-state index in [4.69, 9.17) is 17.3 Å². The second kappa shape index (κ2) is 6.09. The van der Waals surface area contributed by atoms with Crippen molar-refractivity contribution in [3.05, 3.63) is 58.6 Å². The van der Waals surface area contributed by atoms with Crippen LogP contribution in [0.4, 0.5) is 11.4 Å². The monoisotopic (exact) mass is 274 g/mol. The maximum atomic E-state index is 6.12. The quantitative estimate of drug-likeness (QED) is 0.916. The van der Waals surface area contributed by atoms with Gasteiger partial charge in [-0.15, -0.1) is 0 Å². The molecule has 0 heterocycles. The van der Waals surface area contributed by atoms with Crippen LogP contribution in [0.25, 0.3) is 0 Å². The first kappa shape index (κ1) is 13.9. The largest absolute Gasteiger partial charge is 0.344 e. The summed E-state index contributed by atoms with van der Waals surface area (Å²) in [7, 11) is 2.05. The smallest absolute Gasteiger partial charge is 0.0456 e. The van der Waals surface area contributed by atoms with Crippen molar-refractivity contribution >= 4 is 23.0 Å². The molecule has 0 aliphatic carbocycles. The van der Waals surface area contributed by atoms with Crippen LogP contribution in [-0.4, -0.2) is 13.6 Å². The molecule has 2 N–H and O–H groups in total. The standard InChI is InChI=1S/C16H19ClN2/c1-12-3-7-15(8-4-12)19(2)16-11-14(17)6-5-13(16)9-10-18/h3-8,11H,9-10,18H2,1-2H3. The molecule has 0 aliphatic heterocycles. The molecule has 0 spiro atoms. The summed E-state index contributed by atoms with van der Waals surface area (Å²) in [6, 6.07) is 14.4. The van der Waals surface area contributed by atoms with Gasteiger partial charge in [-0.3, -0.25) is 0 Å². The minimum absolute atomic E-state index is 0.635. The van der Waals surface area contributed by atoms with Crippen LogP contribution in [-0.2, 0) is 6.42 Å². The molecule has 2 aromatic carbocycles. The molecule has 0 aromatic heterocycles. The van der Waals surface area contributed by atoms with Gasteiger partial charge in [-0.1, -0.05) is 35.4 Å². The van der Waals surface area contributed by atoms with Crippen molar-refractivity contribution in [3.63, 3.8) is 0 Å². The number of rotatable bonds is 4. The Morgan fingerprint density at radius 3 is 2.42 bits per heavy atom. The summed E-state index contributed by atoms with van der Waals surface area (Å²) in [5, 5.41) is 0.745. The topological polar surface area (TPSA) is 29.3 Å². The summed E-state index contributed by atoms with van der Waals surface area (Å²) >= 11 is 6.12. The molecule has 19 heavy (non-hydrogen) atoms. The van der Waals surface area contributed by atoms with Crippen molar-refractivity contribution in [1.82, 2.24) is 0 Å². The van der Waals surface area contributed by atoms with E-state index in [0.29, 0.717) is 6.54 Å². The van der Waals surface area contributed by atoms with Gasteiger partial charge in [-0.2, -0.15) is 0 Å². The molecular formula is C16H19ClN2. The van der Waals surface area contributed by atoms with Crippen LogP contribution >= 0.6 is 11.6 Å². The molecule has 0 unspecified atom stereocenters. The number of hydrogen-bond donors (Lipinski definition) is 1. The zero-order chi connectivity index (χ0) is 13.8. The molecule has 0 bridgehead atoms. The predicted molar refractivity (Wildman–Crippen MR) is 83.5 cm³/mol. The Bertz CT molecular complexity index is 549. The van der Waals surface area contributed by atoms with Crippen LogP contribution in [0.5, 0.6) is 0 Å². The highest BCUT2D eigenvalue weighted by molar-refractivity contribution is 6.30. The van der Waals surface area contributed by atoms with Gasteiger partial charge < -0.3 is 10.6 Å². The zero-order valence-corrected chi connectivity index (χ0v) is 12.1. The predicted octanol–water partition coefficient (Wildman–Crippen LogP) is 3.92. The summed E-state index contributed by atoms with van der Waals surface area (Å²) < 4.78 is 0. The first-order valence-corrected chi connectivity index (χ1v) is 6.78. The van der Waals surface area contributed by atoms with Gasteiger partial charge in [0.05, 0.1) is 0 Å². The van der Waals surface area contributed by atoms with Crippen LogP contribution in [0.1, 0.15) is 11.1 Å². The highest BCUT2D eigenvalue weighted by atomic mass is 35.5. The highest BCUT2D eigenvalue weighted by Crippen LogP contribution is 2.30. The molecule has 2 rings (SSSR count). The average Bonchev–Trinajstić information content (AvgIpc) is 2.41. The molecular weight excluding hydrogens is 256 g/mol. The summed E-state index contributed by atoms with van der Waals surface area (Å²) in [4.78, 5) is 2.15. The number of halogens is 1. The summed E-state index contributed by atoms with van der Waals surface area (Å²) in [6.45, 7) is 2.72. The molecule has 3 heteroatoms. The lowest BCUT2D eigenvalue weighted by atomic mass is 10.1. The van der Waals surface area contributed by atoms with Crippen molar-refractivity contribution in [2.24, 2.45) is 5.73 Å². The molecule has 0 fully saturated rings. The van der Waals surface area contributed by atoms with Gasteiger partial charge in [-0.05, 0) is 49.7 Å². The van der Waals surface area contributed by atoms with Crippen LogP contribution in [0.15, 0.2) is 42.5 Å². The first-order chi connectivity index (χ1) is 9.11. The van der Waals surface area contributed by atoms with Crippen LogP contribution < -0.4 is 10.6 Å². The molecule has 0 radical (unpaired) electrons. The lowest BCUT2D eigenvalue weighted by Crippen LogP contribution is -2.13. The Kier molecular flexibility index (Phi) is 4.46. The van der Waals surface area contributed by atoms with Gasteiger partial charge in [0.15, 0.2) is 0 Å². The Hall–Kier alpha value is -1.51. The first-order valence-electron chi connectivity index (χ1n) is 6.40. The fourth-order valence-electron chi connectivity index (χ4n) is 2.12. The molecule has 0 atom stereocenters. The summed E-state index contributed by atoms with van der Waals surface area (Å²) in [6.07, 6.45) is 0.850. The van der Waals surface area contributed by atoms with Crippen LogP contribution in [0, 0.1) is 6.92 Å². The maximum absolute atomic E-state index is 6.12. The van der Waals surface area contributed by atoms with E-state index in [-0.39, 0.29) is 0 Å². The van der Waals surface area contributed by atoms with Gasteiger partial charge in [0.2, 0.25) is 0 Å². The van der Waals surface area contributed by atoms with E-state index in [0.717, 1.165) is 22.8 Å². The van der Waals surface area contributed by atoms with Gasteiger partial charge in [0.25, 0.3) is 0 Å². The van der Waals surface area contributed by atoms with E-state index in [1.807, 2.05) is 12.1 Å². The Morgan fingerprint density at radius 1 is 1.11 bits per heavy atom. The molecule has 0 saturated heterocycles. The minimum Gasteiger partial charge on any atom is -0.344 e. The van der Waals surface area contributed by atoms with E-state index in [2.05, 4.69) is 49.2 Å². The van der Waals surface area contributed by atoms with Crippen molar-refractivity contribution in [2.75, 3.05) is 18.5 Å². The van der Waals surface area contributed by atoms with E-state index < -0.39 is 0 Å². The number of hydrogen-bond acceptors (Lipinski definition) is 2. The van der Waals surface area contributed by atoms with Gasteiger partial charge >= 0.3 is 0 Å². The van der Waals surface area contributed by atoms with Gasteiger partial charge in [-0.25, -0.2) is 0 Å². The van der Waals surface area contributed by atoms with E-state index in [1.165, 1.54) is 11.1 Å². The van der Waals surface area contributed by atoms with E-state index in [1.54, 1.807) is 0 Å². The fourth-order valence-corrected chi connectivity index (χ4v) is 2.29. The van der Waals surface area contributed by atoms with Crippen molar-refractivity contribution in [2.45, 2.75) is 13.3 Å². The highest BCUT2D eigenvalue weighted by Gasteiger charge is 2.09. The van der Waals surface area contributed by atoms with Crippen molar-refractivity contribution < 1.29 is 0 Å². The Morgan fingerprint density at radius 2 is 1.79 bits per heavy atom. The Labute approximate surface area is 119 Å². The molecule has 0 amide bonds. The third-order valence-corrected chi connectivity index (χ3v) is 3.48. The lowest BCUT2D eigenvalue weighted by Gasteiger charge is -2.23. The van der Waals surface area contributed by atoms with Gasteiger partial charge in [0.1, 0.15) is 0 Å².